The van der Waals surface area contributed by atoms with Crippen molar-refractivity contribution >= 4 is 11.8 Å². The van der Waals surface area contributed by atoms with E-state index in [0.29, 0.717) is 15.8 Å². The Morgan fingerprint density at radius 2 is 1.88 bits per heavy atom. The van der Waals surface area contributed by atoms with Gasteiger partial charge in [-0.25, -0.2) is 4.68 Å². The summed E-state index contributed by atoms with van der Waals surface area (Å²) in [7, 11) is 0. The fraction of sp³-hybridized carbons (Fsp3) is 0.444. The Morgan fingerprint density at radius 3 is 2.46 bits per heavy atom. The molecule has 1 saturated carbocycles. The first kappa shape index (κ1) is 18.8. The molecule has 0 radical (unpaired) electrons. The van der Waals surface area contributed by atoms with Crippen LogP contribution in [-0.2, 0) is 6.54 Å². The van der Waals surface area contributed by atoms with Gasteiger partial charge in [0.15, 0.2) is 5.75 Å². The molecule has 2 aromatic rings. The number of aromatic nitrogens is 2. The van der Waals surface area contributed by atoms with Crippen LogP contribution < -0.4 is 10.3 Å². The molecular weight excluding hydrogens is 365 g/mol. The monoisotopic (exact) mass is 384 g/mol. The molecule has 1 aliphatic carbocycles. The fourth-order valence-electron chi connectivity index (χ4n) is 3.02. The van der Waals surface area contributed by atoms with Crippen molar-refractivity contribution < 1.29 is 17.9 Å². The molecule has 0 N–H and O–H groups in total. The Hall–Kier alpha value is -1.96. The quantitative estimate of drug-likeness (QED) is 0.711. The van der Waals surface area contributed by atoms with E-state index in [-0.39, 0.29) is 11.9 Å². The second kappa shape index (κ2) is 7.73. The summed E-state index contributed by atoms with van der Waals surface area (Å²) in [6.45, 7) is -1.43. The van der Waals surface area contributed by atoms with Crippen LogP contribution in [0.5, 0.6) is 5.75 Å². The van der Waals surface area contributed by atoms with Crippen LogP contribution in [0, 0.1) is 0 Å². The summed E-state index contributed by atoms with van der Waals surface area (Å²) in [5, 5.41) is 3.72. The van der Waals surface area contributed by atoms with E-state index < -0.39 is 18.3 Å². The highest BCUT2D eigenvalue weighted by Crippen LogP contribution is 2.31. The first-order chi connectivity index (χ1) is 12.4. The molecule has 0 saturated heterocycles. The molecule has 1 fully saturated rings. The minimum absolute atomic E-state index is 0.0481. The standard InChI is InChI=1S/C18H19F3N2O2S/c1-26-14-8-6-12(7-9-14)15-10-22-23(11-18(19,20)21)17(24)16(15)25-13-4-2-3-5-13/h6-10,13H,2-5,11H2,1H3. The summed E-state index contributed by atoms with van der Waals surface area (Å²) in [6.07, 6.45) is 2.14. The number of halogens is 3. The highest BCUT2D eigenvalue weighted by molar-refractivity contribution is 7.98. The van der Waals surface area contributed by atoms with E-state index in [9.17, 15) is 18.0 Å². The lowest BCUT2D eigenvalue weighted by molar-refractivity contribution is -0.143. The van der Waals surface area contributed by atoms with Crippen LogP contribution in [0.1, 0.15) is 25.7 Å². The fourth-order valence-corrected chi connectivity index (χ4v) is 3.42. The Balaban J connectivity index is 2.03. The van der Waals surface area contributed by atoms with E-state index in [1.807, 2.05) is 30.5 Å². The zero-order valence-corrected chi connectivity index (χ0v) is 15.1. The molecule has 1 heterocycles. The summed E-state index contributed by atoms with van der Waals surface area (Å²) in [5.41, 5.74) is 0.271. The zero-order valence-electron chi connectivity index (χ0n) is 14.3. The van der Waals surface area contributed by atoms with Gasteiger partial charge in [-0.15, -0.1) is 11.8 Å². The van der Waals surface area contributed by atoms with Crippen LogP contribution in [0.25, 0.3) is 11.1 Å². The Morgan fingerprint density at radius 1 is 1.23 bits per heavy atom. The topological polar surface area (TPSA) is 44.1 Å². The van der Waals surface area contributed by atoms with Crippen LogP contribution in [0.15, 0.2) is 40.2 Å². The van der Waals surface area contributed by atoms with E-state index in [1.165, 1.54) is 6.20 Å². The zero-order chi connectivity index (χ0) is 18.7. The summed E-state index contributed by atoms with van der Waals surface area (Å²) in [5.74, 6) is -0.0481. The SMILES string of the molecule is CSc1ccc(-c2cnn(CC(F)(F)F)c(=O)c2OC2CCCC2)cc1. The predicted molar refractivity (Wildman–Crippen MR) is 94.7 cm³/mol. The minimum atomic E-state index is -4.52. The largest absolute Gasteiger partial charge is 0.484 e. The molecule has 0 amide bonds. The Bertz CT molecular complexity index is 813. The molecule has 1 aromatic heterocycles. The lowest BCUT2D eigenvalue weighted by atomic mass is 10.1. The normalized spacial score (nSPS) is 15.4. The lowest BCUT2D eigenvalue weighted by Crippen LogP contribution is -2.32. The average Bonchev–Trinajstić information content (AvgIpc) is 3.11. The van der Waals surface area contributed by atoms with Gasteiger partial charge in [0.2, 0.25) is 0 Å². The van der Waals surface area contributed by atoms with Gasteiger partial charge >= 0.3 is 11.7 Å². The molecule has 0 aliphatic heterocycles. The number of hydrogen-bond acceptors (Lipinski definition) is 4. The number of rotatable bonds is 5. The maximum absolute atomic E-state index is 12.7. The summed E-state index contributed by atoms with van der Waals surface area (Å²) < 4.78 is 44.4. The highest BCUT2D eigenvalue weighted by atomic mass is 32.2. The molecule has 140 valence electrons. The molecule has 0 bridgehead atoms. The van der Waals surface area contributed by atoms with Gasteiger partial charge in [0.05, 0.1) is 12.3 Å². The molecule has 1 aromatic carbocycles. The number of alkyl halides is 3. The number of hydrogen-bond donors (Lipinski definition) is 0. The van der Waals surface area contributed by atoms with Crippen LogP contribution in [-0.4, -0.2) is 28.3 Å². The van der Waals surface area contributed by atoms with Crippen LogP contribution in [0.4, 0.5) is 13.2 Å². The number of benzene rings is 1. The second-order valence-electron chi connectivity index (χ2n) is 6.22. The summed E-state index contributed by atoms with van der Waals surface area (Å²) in [6, 6.07) is 7.41. The highest BCUT2D eigenvalue weighted by Gasteiger charge is 2.31. The molecule has 0 atom stereocenters. The van der Waals surface area contributed by atoms with Crippen molar-refractivity contribution in [2.24, 2.45) is 0 Å². The van der Waals surface area contributed by atoms with E-state index >= 15 is 0 Å². The number of nitrogens with zero attached hydrogens (tertiary/aromatic N) is 2. The molecule has 26 heavy (non-hydrogen) atoms. The first-order valence-corrected chi connectivity index (χ1v) is 9.58. The van der Waals surface area contributed by atoms with Gasteiger partial charge in [-0.1, -0.05) is 12.1 Å². The van der Waals surface area contributed by atoms with Crippen molar-refractivity contribution in [3.63, 3.8) is 0 Å². The number of thioether (sulfide) groups is 1. The third kappa shape index (κ3) is 4.41. The summed E-state index contributed by atoms with van der Waals surface area (Å²) in [4.78, 5) is 13.7. The third-order valence-electron chi connectivity index (χ3n) is 4.32. The average molecular weight is 384 g/mol. The smallest absolute Gasteiger partial charge is 0.408 e. The first-order valence-electron chi connectivity index (χ1n) is 8.35. The van der Waals surface area contributed by atoms with Gasteiger partial charge < -0.3 is 4.74 Å². The van der Waals surface area contributed by atoms with Crippen molar-refractivity contribution in [3.8, 4) is 16.9 Å². The molecule has 4 nitrogen and oxygen atoms in total. The maximum atomic E-state index is 12.7. The van der Waals surface area contributed by atoms with E-state index in [0.717, 1.165) is 30.6 Å². The van der Waals surface area contributed by atoms with Crippen molar-refractivity contribution in [3.05, 3.63) is 40.8 Å². The van der Waals surface area contributed by atoms with Crippen molar-refractivity contribution in [1.82, 2.24) is 9.78 Å². The van der Waals surface area contributed by atoms with Crippen LogP contribution >= 0.6 is 11.8 Å². The summed E-state index contributed by atoms with van der Waals surface area (Å²) >= 11 is 1.58. The van der Waals surface area contributed by atoms with Gasteiger partial charge in [-0.3, -0.25) is 4.79 Å². The second-order valence-corrected chi connectivity index (χ2v) is 7.10. The predicted octanol–water partition coefficient (Wildman–Crippen LogP) is 4.52. The van der Waals surface area contributed by atoms with Crippen molar-refractivity contribution in [2.75, 3.05) is 6.26 Å². The van der Waals surface area contributed by atoms with Crippen LogP contribution in [0.3, 0.4) is 0 Å². The molecule has 1 aliphatic rings. The Labute approximate surface area is 153 Å². The van der Waals surface area contributed by atoms with Gasteiger partial charge in [-0.05, 0) is 49.6 Å². The maximum Gasteiger partial charge on any atom is 0.408 e. The van der Waals surface area contributed by atoms with E-state index in [4.69, 9.17) is 4.74 Å². The minimum Gasteiger partial charge on any atom is -0.484 e. The van der Waals surface area contributed by atoms with Gasteiger partial charge in [0.25, 0.3) is 0 Å². The Kier molecular flexibility index (Phi) is 5.60. The van der Waals surface area contributed by atoms with Crippen molar-refractivity contribution in [1.29, 1.82) is 0 Å². The number of ether oxygens (including phenoxy) is 1. The van der Waals surface area contributed by atoms with Crippen molar-refractivity contribution in [2.45, 2.75) is 49.4 Å². The molecule has 0 unspecified atom stereocenters. The van der Waals surface area contributed by atoms with Gasteiger partial charge in [-0.2, -0.15) is 18.3 Å². The van der Waals surface area contributed by atoms with Gasteiger partial charge in [0, 0.05) is 10.5 Å². The van der Waals surface area contributed by atoms with E-state index in [1.54, 1.807) is 11.8 Å². The van der Waals surface area contributed by atoms with Crippen LogP contribution in [0.2, 0.25) is 0 Å². The third-order valence-corrected chi connectivity index (χ3v) is 5.06. The molecular formula is C18H19F3N2O2S. The molecule has 0 spiro atoms. The lowest BCUT2D eigenvalue weighted by Gasteiger charge is -2.18. The van der Waals surface area contributed by atoms with Gasteiger partial charge in [0.1, 0.15) is 6.54 Å². The van der Waals surface area contributed by atoms with E-state index in [2.05, 4.69) is 5.10 Å². The molecule has 8 heteroatoms. The molecule has 3 rings (SSSR count).